The van der Waals surface area contributed by atoms with E-state index in [1.54, 1.807) is 0 Å². The summed E-state index contributed by atoms with van der Waals surface area (Å²) in [6.45, 7) is -0.276. The summed E-state index contributed by atoms with van der Waals surface area (Å²) in [4.78, 5) is 0. The molecule has 0 bridgehead atoms. The van der Waals surface area contributed by atoms with Crippen molar-refractivity contribution in [2.75, 3.05) is 49.0 Å². The van der Waals surface area contributed by atoms with E-state index >= 15 is 0 Å². The van der Waals surface area contributed by atoms with E-state index in [0.29, 0.717) is 0 Å². The maximum atomic E-state index is 12.9. The number of halogens is 2. The van der Waals surface area contributed by atoms with Crippen molar-refractivity contribution in [1.82, 2.24) is 13.7 Å². The van der Waals surface area contributed by atoms with Gasteiger partial charge in [-0.3, -0.25) is 4.39 Å². The molecule has 0 aliphatic carbocycles. The standard InChI is InChI=1S/C8H21FIN3Si/c1-11(2)14(12(3)4,13(5)6)8(10)7-9/h8H,7H2,1-6H3. The first kappa shape index (κ1) is 14.8. The second kappa shape index (κ2) is 5.74. The molecule has 3 nitrogen and oxygen atoms in total. The second-order valence-electron chi connectivity index (χ2n) is 3.99. The van der Waals surface area contributed by atoms with E-state index in [-0.39, 0.29) is 10.2 Å². The largest absolute Gasteiger partial charge is 0.304 e. The number of nitrogens with zero attached hydrogens (tertiary/aromatic N) is 3. The van der Waals surface area contributed by atoms with Crippen LogP contribution in [0.5, 0.6) is 0 Å². The highest BCUT2D eigenvalue weighted by atomic mass is 127. The molecule has 0 aromatic rings. The van der Waals surface area contributed by atoms with E-state index in [4.69, 9.17) is 0 Å². The first-order chi connectivity index (χ1) is 6.31. The van der Waals surface area contributed by atoms with Crippen molar-refractivity contribution in [1.29, 1.82) is 0 Å². The Bertz CT molecular complexity index is 156. The molecule has 6 heteroatoms. The summed E-state index contributed by atoms with van der Waals surface area (Å²) in [6.07, 6.45) is 0. The number of alkyl halides is 2. The van der Waals surface area contributed by atoms with Gasteiger partial charge in [0.05, 0.1) is 3.55 Å². The van der Waals surface area contributed by atoms with Crippen LogP contribution in [0, 0.1) is 0 Å². The Kier molecular flexibility index (Phi) is 6.05. The second-order valence-corrected chi connectivity index (χ2v) is 11.4. The van der Waals surface area contributed by atoms with E-state index in [1.165, 1.54) is 0 Å². The lowest BCUT2D eigenvalue weighted by Crippen LogP contribution is -2.75. The van der Waals surface area contributed by atoms with E-state index in [0.717, 1.165) is 0 Å². The molecule has 0 rings (SSSR count). The quantitative estimate of drug-likeness (QED) is 0.421. The van der Waals surface area contributed by atoms with Crippen LogP contribution >= 0.6 is 22.6 Å². The number of rotatable bonds is 5. The molecule has 0 aliphatic rings. The van der Waals surface area contributed by atoms with Crippen LogP contribution in [0.3, 0.4) is 0 Å². The van der Waals surface area contributed by atoms with Gasteiger partial charge in [0.2, 0.25) is 0 Å². The van der Waals surface area contributed by atoms with Crippen LogP contribution < -0.4 is 0 Å². The molecule has 1 unspecified atom stereocenters. The van der Waals surface area contributed by atoms with Gasteiger partial charge in [0, 0.05) is 0 Å². The molecule has 14 heavy (non-hydrogen) atoms. The molecule has 0 radical (unpaired) electrons. The Morgan fingerprint density at radius 3 is 1.36 bits per heavy atom. The van der Waals surface area contributed by atoms with Gasteiger partial charge in [-0.1, -0.05) is 22.6 Å². The average molecular weight is 333 g/mol. The van der Waals surface area contributed by atoms with Crippen LogP contribution in [0.15, 0.2) is 0 Å². The minimum Gasteiger partial charge on any atom is -0.304 e. The highest BCUT2D eigenvalue weighted by molar-refractivity contribution is 14.1. The zero-order chi connectivity index (χ0) is 11.5. The summed E-state index contributed by atoms with van der Waals surface area (Å²) in [5.41, 5.74) is 0. The third-order valence-electron chi connectivity index (χ3n) is 2.53. The molecule has 0 fully saturated rings. The molecule has 0 heterocycles. The number of hydrogen-bond acceptors (Lipinski definition) is 3. The Labute approximate surface area is 102 Å². The molecule has 0 aromatic carbocycles. The van der Waals surface area contributed by atoms with E-state index in [9.17, 15) is 4.39 Å². The highest BCUT2D eigenvalue weighted by Gasteiger charge is 2.48. The zero-order valence-electron chi connectivity index (χ0n) is 9.88. The summed E-state index contributed by atoms with van der Waals surface area (Å²) in [5, 5.41) is 0. The van der Waals surface area contributed by atoms with E-state index < -0.39 is 8.56 Å². The summed E-state index contributed by atoms with van der Waals surface area (Å²) in [7, 11) is 10.2. The van der Waals surface area contributed by atoms with Gasteiger partial charge in [-0.2, -0.15) is 0 Å². The van der Waals surface area contributed by atoms with Gasteiger partial charge in [0.1, 0.15) is 6.67 Å². The predicted octanol–water partition coefficient (Wildman–Crippen LogP) is 0.922. The van der Waals surface area contributed by atoms with Crippen LogP contribution in [0.1, 0.15) is 0 Å². The Morgan fingerprint density at radius 2 is 1.29 bits per heavy atom. The van der Waals surface area contributed by atoms with Crippen LogP contribution in [0.25, 0.3) is 0 Å². The van der Waals surface area contributed by atoms with Gasteiger partial charge in [-0.25, -0.2) is 0 Å². The SMILES string of the molecule is CN(C)[Si](C(I)CF)(N(C)C)N(C)C. The van der Waals surface area contributed by atoms with Crippen molar-refractivity contribution in [3.8, 4) is 0 Å². The molecule has 0 aromatic heterocycles. The molecule has 0 amide bonds. The normalized spacial score (nSPS) is 15.6. The maximum Gasteiger partial charge on any atom is 0.304 e. The first-order valence-electron chi connectivity index (χ1n) is 4.54. The maximum absolute atomic E-state index is 12.9. The summed E-state index contributed by atoms with van der Waals surface area (Å²) < 4.78 is 19.5. The smallest absolute Gasteiger partial charge is 0.304 e. The first-order valence-corrected chi connectivity index (χ1v) is 7.70. The van der Waals surface area contributed by atoms with E-state index in [1.807, 2.05) is 42.3 Å². The topological polar surface area (TPSA) is 9.72 Å². The van der Waals surface area contributed by atoms with Crippen molar-refractivity contribution >= 4 is 31.1 Å². The predicted molar refractivity (Wildman–Crippen MR) is 70.6 cm³/mol. The number of hydrogen-bond donors (Lipinski definition) is 0. The van der Waals surface area contributed by atoms with Crippen molar-refractivity contribution in [3.63, 3.8) is 0 Å². The lowest BCUT2D eigenvalue weighted by molar-refractivity contribution is 0.360. The molecule has 0 saturated carbocycles. The lowest BCUT2D eigenvalue weighted by atomic mass is 10.9. The summed E-state index contributed by atoms with van der Waals surface area (Å²) in [6, 6.07) is 0. The average Bonchev–Trinajstić information content (AvgIpc) is 2.02. The van der Waals surface area contributed by atoms with Crippen LogP contribution in [-0.2, 0) is 0 Å². The van der Waals surface area contributed by atoms with Gasteiger partial charge >= 0.3 is 8.56 Å². The summed E-state index contributed by atoms with van der Waals surface area (Å²) >= 11 is 2.23. The third-order valence-corrected chi connectivity index (χ3v) is 10.3. The highest BCUT2D eigenvalue weighted by Crippen LogP contribution is 2.23. The van der Waals surface area contributed by atoms with Gasteiger partial charge in [0.15, 0.2) is 0 Å². The van der Waals surface area contributed by atoms with Crippen molar-refractivity contribution < 1.29 is 4.39 Å². The molecular weight excluding hydrogens is 312 g/mol. The molecule has 0 aliphatic heterocycles. The monoisotopic (exact) mass is 333 g/mol. The van der Waals surface area contributed by atoms with Crippen molar-refractivity contribution in [3.05, 3.63) is 0 Å². The molecule has 0 saturated heterocycles. The Balaban J connectivity index is 5.16. The summed E-state index contributed by atoms with van der Waals surface area (Å²) in [5.74, 6) is 0. The van der Waals surface area contributed by atoms with Gasteiger partial charge in [-0.15, -0.1) is 0 Å². The minimum atomic E-state index is -2.02. The molecule has 0 spiro atoms. The van der Waals surface area contributed by atoms with Gasteiger partial charge in [-0.05, 0) is 42.3 Å². The van der Waals surface area contributed by atoms with Crippen LogP contribution in [0.4, 0.5) is 4.39 Å². The Hall–Kier alpha value is 0.757. The van der Waals surface area contributed by atoms with Gasteiger partial charge < -0.3 is 13.7 Å². The fourth-order valence-electron chi connectivity index (χ4n) is 2.14. The molecule has 0 N–H and O–H groups in total. The van der Waals surface area contributed by atoms with E-state index in [2.05, 4.69) is 36.3 Å². The minimum absolute atomic E-state index is 0.0418. The lowest BCUT2D eigenvalue weighted by Gasteiger charge is -2.48. The fraction of sp³-hybridized carbons (Fsp3) is 1.00. The molecular formula is C8H21FIN3Si. The molecule has 86 valence electrons. The third kappa shape index (κ3) is 2.46. The van der Waals surface area contributed by atoms with Crippen molar-refractivity contribution in [2.24, 2.45) is 0 Å². The van der Waals surface area contributed by atoms with Gasteiger partial charge in [0.25, 0.3) is 0 Å². The van der Waals surface area contributed by atoms with Crippen LogP contribution in [-0.4, -0.2) is 74.8 Å². The fourth-order valence-corrected chi connectivity index (χ4v) is 11.4. The van der Waals surface area contributed by atoms with Crippen molar-refractivity contribution in [2.45, 2.75) is 3.55 Å². The molecule has 1 atom stereocenters. The Morgan fingerprint density at radius 1 is 1.00 bits per heavy atom. The van der Waals surface area contributed by atoms with Crippen LogP contribution in [0.2, 0.25) is 0 Å². The zero-order valence-corrected chi connectivity index (χ0v) is 13.0.